The Balaban J connectivity index is 2.50. The molecule has 0 saturated carbocycles. The standard InChI is InChI=1S/C15H12O4/c16-12-5-1-10(2-6-12)14(9-15(18)19)11-3-7-13(17)8-4-11/h1-9,16-17H,(H,18,19). The van der Waals surface area contributed by atoms with Crippen LogP contribution in [0.15, 0.2) is 54.6 Å². The zero-order chi connectivity index (χ0) is 13.8. The molecule has 96 valence electrons. The Morgan fingerprint density at radius 3 is 1.47 bits per heavy atom. The van der Waals surface area contributed by atoms with E-state index < -0.39 is 5.97 Å². The number of hydrogen-bond acceptors (Lipinski definition) is 3. The van der Waals surface area contributed by atoms with Gasteiger partial charge in [0.15, 0.2) is 0 Å². The summed E-state index contributed by atoms with van der Waals surface area (Å²) in [5.74, 6) is -0.829. The maximum atomic E-state index is 10.9. The Morgan fingerprint density at radius 1 is 0.789 bits per heavy atom. The number of carboxylic acid groups (broad SMARTS) is 1. The summed E-state index contributed by atoms with van der Waals surface area (Å²) in [4.78, 5) is 10.9. The monoisotopic (exact) mass is 256 g/mol. The van der Waals surface area contributed by atoms with Gasteiger partial charge in [0.1, 0.15) is 11.5 Å². The predicted molar refractivity (Wildman–Crippen MR) is 70.9 cm³/mol. The smallest absolute Gasteiger partial charge is 0.328 e. The van der Waals surface area contributed by atoms with Crippen molar-refractivity contribution in [1.29, 1.82) is 0 Å². The highest BCUT2D eigenvalue weighted by Crippen LogP contribution is 2.26. The van der Waals surface area contributed by atoms with E-state index in [1.807, 2.05) is 0 Å². The lowest BCUT2D eigenvalue weighted by molar-refractivity contribution is -0.131. The van der Waals surface area contributed by atoms with Crippen LogP contribution in [0, 0.1) is 0 Å². The third-order valence-electron chi connectivity index (χ3n) is 2.62. The first-order valence-electron chi connectivity index (χ1n) is 5.60. The molecule has 0 saturated heterocycles. The minimum Gasteiger partial charge on any atom is -0.508 e. The van der Waals surface area contributed by atoms with Gasteiger partial charge >= 0.3 is 5.97 Å². The summed E-state index contributed by atoms with van der Waals surface area (Å²) < 4.78 is 0. The Labute approximate surface area is 109 Å². The first-order valence-corrected chi connectivity index (χ1v) is 5.60. The number of phenols is 2. The Bertz CT molecular complexity index is 562. The summed E-state index contributed by atoms with van der Waals surface area (Å²) >= 11 is 0. The number of benzene rings is 2. The van der Waals surface area contributed by atoms with Crippen molar-refractivity contribution in [2.75, 3.05) is 0 Å². The van der Waals surface area contributed by atoms with Gasteiger partial charge in [-0.3, -0.25) is 0 Å². The van der Waals surface area contributed by atoms with E-state index >= 15 is 0 Å². The number of carboxylic acids is 1. The summed E-state index contributed by atoms with van der Waals surface area (Å²) in [7, 11) is 0. The molecule has 0 aliphatic rings. The average Bonchev–Trinajstić information content (AvgIpc) is 2.38. The molecule has 4 nitrogen and oxygen atoms in total. The van der Waals surface area contributed by atoms with Crippen molar-refractivity contribution >= 4 is 11.5 Å². The van der Waals surface area contributed by atoms with Gasteiger partial charge in [-0.15, -0.1) is 0 Å². The van der Waals surface area contributed by atoms with Crippen LogP contribution in [-0.2, 0) is 4.79 Å². The van der Waals surface area contributed by atoms with Gasteiger partial charge < -0.3 is 15.3 Å². The Hall–Kier alpha value is -2.75. The number of hydrogen-bond donors (Lipinski definition) is 3. The lowest BCUT2D eigenvalue weighted by Crippen LogP contribution is -1.94. The summed E-state index contributed by atoms with van der Waals surface area (Å²) in [6, 6.07) is 12.5. The van der Waals surface area contributed by atoms with Crippen LogP contribution in [0.3, 0.4) is 0 Å². The maximum absolute atomic E-state index is 10.9. The molecule has 2 aromatic carbocycles. The van der Waals surface area contributed by atoms with Gasteiger partial charge in [-0.05, 0) is 41.0 Å². The Morgan fingerprint density at radius 2 is 1.16 bits per heavy atom. The molecular formula is C15H12O4. The normalized spacial score (nSPS) is 9.89. The van der Waals surface area contributed by atoms with Gasteiger partial charge in [0.2, 0.25) is 0 Å². The van der Waals surface area contributed by atoms with Crippen molar-refractivity contribution in [3.63, 3.8) is 0 Å². The molecular weight excluding hydrogens is 244 g/mol. The van der Waals surface area contributed by atoms with Gasteiger partial charge in [-0.1, -0.05) is 24.3 Å². The second kappa shape index (κ2) is 5.27. The molecule has 4 heteroatoms. The summed E-state index contributed by atoms with van der Waals surface area (Å²) in [5, 5.41) is 27.5. The number of phenolic OH excluding ortho intramolecular Hbond substituents is 2. The van der Waals surface area contributed by atoms with E-state index in [4.69, 9.17) is 5.11 Å². The third kappa shape index (κ3) is 3.13. The van der Waals surface area contributed by atoms with Crippen LogP contribution in [-0.4, -0.2) is 21.3 Å². The van der Waals surface area contributed by atoms with Crippen LogP contribution < -0.4 is 0 Å². The molecule has 0 bridgehead atoms. The Kier molecular flexibility index (Phi) is 3.52. The van der Waals surface area contributed by atoms with Gasteiger partial charge in [0.25, 0.3) is 0 Å². The quantitative estimate of drug-likeness (QED) is 0.738. The van der Waals surface area contributed by atoms with E-state index in [2.05, 4.69) is 0 Å². The first-order chi connectivity index (χ1) is 9.06. The molecule has 2 rings (SSSR count). The zero-order valence-electron chi connectivity index (χ0n) is 9.95. The summed E-state index contributed by atoms with van der Waals surface area (Å²) in [6.07, 6.45) is 1.10. The maximum Gasteiger partial charge on any atom is 0.328 e. The molecule has 0 aromatic heterocycles. The fourth-order valence-electron chi connectivity index (χ4n) is 1.74. The molecule has 0 radical (unpaired) electrons. The minimum atomic E-state index is -1.06. The van der Waals surface area contributed by atoms with E-state index in [0.29, 0.717) is 16.7 Å². The average molecular weight is 256 g/mol. The van der Waals surface area contributed by atoms with Crippen molar-refractivity contribution in [2.24, 2.45) is 0 Å². The lowest BCUT2D eigenvalue weighted by atomic mass is 9.97. The molecule has 0 aliphatic carbocycles. The fourth-order valence-corrected chi connectivity index (χ4v) is 1.74. The molecule has 0 aliphatic heterocycles. The molecule has 19 heavy (non-hydrogen) atoms. The highest BCUT2D eigenvalue weighted by atomic mass is 16.4. The topological polar surface area (TPSA) is 77.8 Å². The van der Waals surface area contributed by atoms with Crippen molar-refractivity contribution in [3.05, 3.63) is 65.7 Å². The van der Waals surface area contributed by atoms with E-state index in [0.717, 1.165) is 6.08 Å². The molecule has 0 fully saturated rings. The van der Waals surface area contributed by atoms with E-state index in [1.165, 1.54) is 24.3 Å². The highest BCUT2D eigenvalue weighted by Gasteiger charge is 2.07. The first kappa shape index (κ1) is 12.7. The van der Waals surface area contributed by atoms with E-state index in [9.17, 15) is 15.0 Å². The van der Waals surface area contributed by atoms with Crippen molar-refractivity contribution < 1.29 is 20.1 Å². The predicted octanol–water partition coefficient (Wildman–Crippen LogP) is 2.61. The van der Waals surface area contributed by atoms with Gasteiger partial charge in [-0.25, -0.2) is 4.79 Å². The van der Waals surface area contributed by atoms with Crippen LogP contribution in [0.2, 0.25) is 0 Å². The van der Waals surface area contributed by atoms with E-state index in [-0.39, 0.29) is 11.5 Å². The van der Waals surface area contributed by atoms with Crippen LogP contribution >= 0.6 is 0 Å². The van der Waals surface area contributed by atoms with E-state index in [1.54, 1.807) is 24.3 Å². The third-order valence-corrected chi connectivity index (χ3v) is 2.62. The second-order valence-electron chi connectivity index (χ2n) is 3.99. The highest BCUT2D eigenvalue weighted by molar-refractivity contribution is 5.95. The van der Waals surface area contributed by atoms with Crippen LogP contribution in [0.5, 0.6) is 11.5 Å². The number of rotatable bonds is 3. The SMILES string of the molecule is O=C(O)C=C(c1ccc(O)cc1)c1ccc(O)cc1. The van der Waals surface area contributed by atoms with Gasteiger partial charge in [0.05, 0.1) is 0 Å². The van der Waals surface area contributed by atoms with Gasteiger partial charge in [0, 0.05) is 6.08 Å². The molecule has 0 unspecified atom stereocenters. The van der Waals surface area contributed by atoms with Crippen LogP contribution in [0.25, 0.3) is 5.57 Å². The van der Waals surface area contributed by atoms with Gasteiger partial charge in [-0.2, -0.15) is 0 Å². The lowest BCUT2D eigenvalue weighted by Gasteiger charge is -2.08. The molecule has 2 aromatic rings. The minimum absolute atomic E-state index is 0.115. The van der Waals surface area contributed by atoms with Crippen LogP contribution in [0.4, 0.5) is 0 Å². The van der Waals surface area contributed by atoms with Crippen molar-refractivity contribution in [1.82, 2.24) is 0 Å². The summed E-state index contributed by atoms with van der Waals surface area (Å²) in [6.45, 7) is 0. The number of aromatic hydroxyl groups is 2. The molecule has 0 heterocycles. The second-order valence-corrected chi connectivity index (χ2v) is 3.99. The number of carbonyl (C=O) groups is 1. The van der Waals surface area contributed by atoms with Crippen molar-refractivity contribution in [3.8, 4) is 11.5 Å². The molecule has 0 amide bonds. The molecule has 0 spiro atoms. The molecule has 3 N–H and O–H groups in total. The number of aliphatic carboxylic acids is 1. The molecule has 0 atom stereocenters. The zero-order valence-corrected chi connectivity index (χ0v) is 9.95. The van der Waals surface area contributed by atoms with Crippen molar-refractivity contribution in [2.45, 2.75) is 0 Å². The fraction of sp³-hybridized carbons (Fsp3) is 0. The van der Waals surface area contributed by atoms with Crippen LogP contribution in [0.1, 0.15) is 11.1 Å². The largest absolute Gasteiger partial charge is 0.508 e. The summed E-state index contributed by atoms with van der Waals surface area (Å²) in [5.41, 5.74) is 1.85.